The first kappa shape index (κ1) is 14.4. The molecule has 9 heteroatoms. The van der Waals surface area contributed by atoms with E-state index in [-0.39, 0.29) is 5.75 Å². The van der Waals surface area contributed by atoms with Crippen LogP contribution in [0.15, 0.2) is 12.4 Å². The van der Waals surface area contributed by atoms with Gasteiger partial charge in [-0.2, -0.15) is 0 Å². The smallest absolute Gasteiger partial charge is 0.212 e. The minimum absolute atomic E-state index is 0.143. The topological polar surface area (TPSA) is 92.2 Å². The maximum atomic E-state index is 11.8. The average Bonchev–Trinajstić information content (AvgIpc) is 2.91. The van der Waals surface area contributed by atoms with Crippen molar-refractivity contribution in [3.05, 3.63) is 12.4 Å². The Kier molecular flexibility index (Phi) is 5.25. The van der Waals surface area contributed by atoms with Crippen molar-refractivity contribution in [1.29, 1.82) is 0 Å². The number of aromatic nitrogens is 3. The lowest BCUT2D eigenvalue weighted by atomic mass is 10.4. The van der Waals surface area contributed by atoms with E-state index in [2.05, 4.69) is 25.3 Å². The lowest BCUT2D eigenvalue weighted by molar-refractivity contribution is 0.253. The van der Waals surface area contributed by atoms with Crippen molar-refractivity contribution in [3.8, 4) is 0 Å². The van der Waals surface area contributed by atoms with Gasteiger partial charge in [0.2, 0.25) is 10.0 Å². The first-order valence-corrected chi connectivity index (χ1v) is 8.05. The summed E-state index contributed by atoms with van der Waals surface area (Å²) in [6.45, 7) is 5.10. The number of piperazine rings is 1. The normalized spacial score (nSPS) is 17.7. The third-order valence-electron chi connectivity index (χ3n) is 3.02. The molecule has 0 aliphatic carbocycles. The number of rotatable bonds is 7. The zero-order valence-electron chi connectivity index (χ0n) is 10.8. The van der Waals surface area contributed by atoms with Crippen molar-refractivity contribution in [2.24, 2.45) is 0 Å². The third-order valence-corrected chi connectivity index (χ3v) is 4.38. The standard InChI is InChI=1S/C10H20N6O2S/c17-19(18,10-9-15-5-1-11-2-6-15)13-4-8-16-7-3-12-14-16/h3,7,11,13H,1-2,4-6,8-10H2. The lowest BCUT2D eigenvalue weighted by Gasteiger charge is -2.26. The van der Waals surface area contributed by atoms with Crippen molar-refractivity contribution >= 4 is 10.0 Å². The van der Waals surface area contributed by atoms with E-state index >= 15 is 0 Å². The maximum absolute atomic E-state index is 11.8. The summed E-state index contributed by atoms with van der Waals surface area (Å²) < 4.78 is 27.8. The molecule has 8 nitrogen and oxygen atoms in total. The van der Waals surface area contributed by atoms with Gasteiger partial charge in [0.25, 0.3) is 0 Å². The summed E-state index contributed by atoms with van der Waals surface area (Å²) in [6, 6.07) is 0. The molecule has 2 rings (SSSR count). The summed E-state index contributed by atoms with van der Waals surface area (Å²) in [5.41, 5.74) is 0. The molecule has 0 spiro atoms. The highest BCUT2D eigenvalue weighted by molar-refractivity contribution is 7.89. The van der Waals surface area contributed by atoms with E-state index < -0.39 is 10.0 Å². The van der Waals surface area contributed by atoms with Gasteiger partial charge in [0.05, 0.1) is 18.5 Å². The molecule has 1 aromatic rings. The van der Waals surface area contributed by atoms with E-state index in [9.17, 15) is 8.42 Å². The number of hydrogen-bond donors (Lipinski definition) is 2. The molecule has 108 valence electrons. The average molecular weight is 288 g/mol. The number of hydrogen-bond acceptors (Lipinski definition) is 6. The van der Waals surface area contributed by atoms with Crippen LogP contribution in [-0.4, -0.2) is 73.3 Å². The Labute approximate surface area is 113 Å². The van der Waals surface area contributed by atoms with Gasteiger partial charge in [0.1, 0.15) is 0 Å². The SMILES string of the molecule is O=S(=O)(CCN1CCNCC1)NCCn1ccnn1. The Morgan fingerprint density at radius 3 is 2.74 bits per heavy atom. The molecule has 0 atom stereocenters. The quantitative estimate of drug-likeness (QED) is 0.609. The Morgan fingerprint density at radius 1 is 1.26 bits per heavy atom. The summed E-state index contributed by atoms with van der Waals surface area (Å²) >= 11 is 0. The lowest BCUT2D eigenvalue weighted by Crippen LogP contribution is -2.46. The van der Waals surface area contributed by atoms with Gasteiger partial charge >= 0.3 is 0 Å². The summed E-state index contributed by atoms with van der Waals surface area (Å²) in [4.78, 5) is 2.16. The monoisotopic (exact) mass is 288 g/mol. The fourth-order valence-corrected chi connectivity index (χ4v) is 2.97. The number of sulfonamides is 1. The molecule has 1 aliphatic heterocycles. The van der Waals surface area contributed by atoms with Gasteiger partial charge in [0.15, 0.2) is 0 Å². The number of nitrogens with zero attached hydrogens (tertiary/aromatic N) is 4. The van der Waals surface area contributed by atoms with Crippen LogP contribution in [0.1, 0.15) is 0 Å². The molecule has 2 N–H and O–H groups in total. The molecule has 0 radical (unpaired) electrons. The zero-order chi connectivity index (χ0) is 13.6. The Morgan fingerprint density at radius 2 is 2.05 bits per heavy atom. The molecular weight excluding hydrogens is 268 g/mol. The second kappa shape index (κ2) is 6.94. The first-order chi connectivity index (χ1) is 9.16. The Hall–Kier alpha value is -1.03. The van der Waals surface area contributed by atoms with Crippen LogP contribution in [0.4, 0.5) is 0 Å². The Balaban J connectivity index is 1.66. The predicted octanol–water partition coefficient (Wildman–Crippen LogP) is -1.90. The third kappa shape index (κ3) is 5.23. The van der Waals surface area contributed by atoms with Crippen LogP contribution in [0.2, 0.25) is 0 Å². The van der Waals surface area contributed by atoms with E-state index in [4.69, 9.17) is 0 Å². The largest absolute Gasteiger partial charge is 0.314 e. The van der Waals surface area contributed by atoms with Crippen molar-refractivity contribution < 1.29 is 8.42 Å². The highest BCUT2D eigenvalue weighted by Crippen LogP contribution is 1.94. The molecule has 0 bridgehead atoms. The summed E-state index contributed by atoms with van der Waals surface area (Å²) in [7, 11) is -3.21. The van der Waals surface area contributed by atoms with Crippen LogP contribution >= 0.6 is 0 Å². The van der Waals surface area contributed by atoms with Crippen LogP contribution in [0.3, 0.4) is 0 Å². The molecule has 1 saturated heterocycles. The van der Waals surface area contributed by atoms with Crippen molar-refractivity contribution in [2.45, 2.75) is 6.54 Å². The highest BCUT2D eigenvalue weighted by atomic mass is 32.2. The Bertz CT molecular complexity index is 454. The van der Waals surface area contributed by atoms with Crippen LogP contribution in [-0.2, 0) is 16.6 Å². The second-order valence-corrected chi connectivity index (χ2v) is 6.40. The van der Waals surface area contributed by atoms with E-state index in [1.54, 1.807) is 17.1 Å². The van der Waals surface area contributed by atoms with Crippen LogP contribution in [0, 0.1) is 0 Å². The predicted molar refractivity (Wildman–Crippen MR) is 71.1 cm³/mol. The van der Waals surface area contributed by atoms with Gasteiger partial charge in [-0.1, -0.05) is 5.21 Å². The molecule has 0 aromatic carbocycles. The molecule has 2 heterocycles. The fraction of sp³-hybridized carbons (Fsp3) is 0.800. The van der Waals surface area contributed by atoms with Gasteiger partial charge in [-0.15, -0.1) is 5.10 Å². The van der Waals surface area contributed by atoms with E-state index in [0.717, 1.165) is 26.2 Å². The van der Waals surface area contributed by atoms with Gasteiger partial charge in [0, 0.05) is 45.5 Å². The molecule has 19 heavy (non-hydrogen) atoms. The van der Waals surface area contributed by atoms with Gasteiger partial charge in [-0.25, -0.2) is 13.1 Å². The van der Waals surface area contributed by atoms with E-state index in [0.29, 0.717) is 19.6 Å². The maximum Gasteiger partial charge on any atom is 0.212 e. The van der Waals surface area contributed by atoms with Crippen molar-refractivity contribution in [1.82, 2.24) is 29.9 Å². The zero-order valence-corrected chi connectivity index (χ0v) is 11.6. The van der Waals surface area contributed by atoms with Crippen molar-refractivity contribution in [2.75, 3.05) is 45.0 Å². The van der Waals surface area contributed by atoms with Gasteiger partial charge in [-0.05, 0) is 0 Å². The van der Waals surface area contributed by atoms with Crippen LogP contribution in [0.25, 0.3) is 0 Å². The van der Waals surface area contributed by atoms with E-state index in [1.165, 1.54) is 0 Å². The molecule has 0 unspecified atom stereocenters. The first-order valence-electron chi connectivity index (χ1n) is 6.40. The highest BCUT2D eigenvalue weighted by Gasteiger charge is 2.14. The second-order valence-electron chi connectivity index (χ2n) is 4.47. The fourth-order valence-electron chi connectivity index (χ4n) is 1.92. The van der Waals surface area contributed by atoms with Crippen LogP contribution in [0.5, 0.6) is 0 Å². The molecule has 0 amide bonds. The molecule has 1 fully saturated rings. The summed E-state index contributed by atoms with van der Waals surface area (Å²) in [5.74, 6) is 0.143. The molecule has 1 aliphatic rings. The van der Waals surface area contributed by atoms with Gasteiger partial charge < -0.3 is 5.32 Å². The molecule has 1 aromatic heterocycles. The van der Waals surface area contributed by atoms with E-state index in [1.807, 2.05) is 0 Å². The molecular formula is C10H20N6O2S. The minimum Gasteiger partial charge on any atom is -0.314 e. The summed E-state index contributed by atoms with van der Waals surface area (Å²) in [5, 5.41) is 10.7. The molecule has 0 saturated carbocycles. The minimum atomic E-state index is -3.21. The van der Waals surface area contributed by atoms with Gasteiger partial charge in [-0.3, -0.25) is 9.58 Å². The summed E-state index contributed by atoms with van der Waals surface area (Å²) in [6.07, 6.45) is 3.27. The van der Waals surface area contributed by atoms with Crippen molar-refractivity contribution in [3.63, 3.8) is 0 Å². The number of nitrogens with one attached hydrogen (secondary N) is 2. The van der Waals surface area contributed by atoms with Crippen LogP contribution < -0.4 is 10.0 Å².